The lowest BCUT2D eigenvalue weighted by Gasteiger charge is -2.35. The number of methoxy groups -OCH3 is 2. The molecule has 2 heterocycles. The third-order valence-corrected chi connectivity index (χ3v) is 8.95. The predicted octanol–water partition coefficient (Wildman–Crippen LogP) is 5.67. The minimum Gasteiger partial charge on any atom is -0.493 e. The van der Waals surface area contributed by atoms with Crippen molar-refractivity contribution in [3.63, 3.8) is 0 Å². The topological polar surface area (TPSA) is 76.0 Å². The molecular weight excluding hydrogens is 540 g/mol. The SMILES string of the molecule is COc1cc2c(cc1OC)[C@H]1CCCC[C@H]1N=C2c1ccc(C(C)=NOCC(=O)N2CCN(c3ccccc3)CC2)cc1. The number of carbonyl (C=O) groups is 1. The normalized spacial score (nSPS) is 20.1. The molecule has 8 nitrogen and oxygen atoms in total. The Hall–Kier alpha value is -4.33. The number of oxime groups is 1. The molecule has 1 saturated heterocycles. The summed E-state index contributed by atoms with van der Waals surface area (Å²) in [6.07, 6.45) is 4.68. The van der Waals surface area contributed by atoms with E-state index in [0.29, 0.717) is 24.8 Å². The summed E-state index contributed by atoms with van der Waals surface area (Å²) >= 11 is 0. The Balaban J connectivity index is 1.11. The van der Waals surface area contributed by atoms with Crippen molar-refractivity contribution >= 4 is 23.0 Å². The molecule has 3 aromatic carbocycles. The smallest absolute Gasteiger partial charge is 0.263 e. The van der Waals surface area contributed by atoms with Crippen molar-refractivity contribution in [2.75, 3.05) is 51.9 Å². The number of amides is 1. The van der Waals surface area contributed by atoms with E-state index in [9.17, 15) is 4.79 Å². The van der Waals surface area contributed by atoms with Crippen LogP contribution in [0.4, 0.5) is 5.69 Å². The number of para-hydroxylation sites is 1. The molecule has 3 aliphatic rings. The number of ether oxygens (including phenoxy) is 2. The second-order valence-electron chi connectivity index (χ2n) is 11.5. The Morgan fingerprint density at radius 2 is 1.60 bits per heavy atom. The van der Waals surface area contributed by atoms with Crippen molar-refractivity contribution in [3.05, 3.63) is 89.0 Å². The maximum Gasteiger partial charge on any atom is 0.263 e. The second kappa shape index (κ2) is 12.9. The molecule has 0 radical (unpaired) electrons. The average molecular weight is 581 g/mol. The summed E-state index contributed by atoms with van der Waals surface area (Å²) in [7, 11) is 3.36. The van der Waals surface area contributed by atoms with Crippen molar-refractivity contribution in [1.82, 2.24) is 4.90 Å². The van der Waals surface area contributed by atoms with Gasteiger partial charge in [-0.3, -0.25) is 9.79 Å². The Morgan fingerprint density at radius 1 is 0.907 bits per heavy atom. The number of nitrogens with zero attached hydrogens (tertiary/aromatic N) is 4. The fourth-order valence-corrected chi connectivity index (χ4v) is 6.55. The van der Waals surface area contributed by atoms with Gasteiger partial charge in [0.25, 0.3) is 5.91 Å². The van der Waals surface area contributed by atoms with E-state index in [1.54, 1.807) is 14.2 Å². The van der Waals surface area contributed by atoms with Crippen LogP contribution in [0.2, 0.25) is 0 Å². The average Bonchev–Trinajstić information content (AvgIpc) is 3.07. The Kier molecular flexibility index (Phi) is 8.63. The van der Waals surface area contributed by atoms with Crippen LogP contribution in [-0.2, 0) is 9.63 Å². The molecular formula is C35H40N4O4. The van der Waals surface area contributed by atoms with Gasteiger partial charge in [0, 0.05) is 48.9 Å². The number of piperazine rings is 1. The highest BCUT2D eigenvalue weighted by Gasteiger charge is 2.34. The van der Waals surface area contributed by atoms with Crippen LogP contribution in [0.25, 0.3) is 0 Å². The number of rotatable bonds is 8. The maximum atomic E-state index is 12.7. The standard InChI is InChI=1S/C35H40N4O4/c1-24(37-43-23-34(40)39-19-17-38(18-20-39)27-9-5-4-6-10-27)25-13-15-26(16-14-25)35-30-22-33(42-3)32(41-2)21-29(30)28-11-7-8-12-31(28)36-35/h4-6,9-10,13-16,21-22,28,31H,7-8,11-12,17-20,23H2,1-3H3/t28-,31-/m1/s1. The molecule has 0 aromatic heterocycles. The van der Waals surface area contributed by atoms with Gasteiger partial charge in [0.2, 0.25) is 0 Å². The number of hydrogen-bond acceptors (Lipinski definition) is 7. The fraction of sp³-hybridized carbons (Fsp3) is 0.400. The third-order valence-electron chi connectivity index (χ3n) is 8.95. The summed E-state index contributed by atoms with van der Waals surface area (Å²) in [5.41, 5.74) is 7.31. The second-order valence-corrected chi connectivity index (χ2v) is 11.5. The molecule has 0 N–H and O–H groups in total. The van der Waals surface area contributed by atoms with Gasteiger partial charge in [-0.15, -0.1) is 0 Å². The quantitative estimate of drug-likeness (QED) is 0.254. The first kappa shape index (κ1) is 28.8. The first-order valence-electron chi connectivity index (χ1n) is 15.2. The van der Waals surface area contributed by atoms with E-state index < -0.39 is 0 Å². The third kappa shape index (κ3) is 6.10. The number of anilines is 1. The van der Waals surface area contributed by atoms with Gasteiger partial charge in [-0.2, -0.15) is 0 Å². The van der Waals surface area contributed by atoms with E-state index in [4.69, 9.17) is 19.3 Å². The van der Waals surface area contributed by atoms with Crippen LogP contribution in [0.3, 0.4) is 0 Å². The van der Waals surface area contributed by atoms with E-state index in [2.05, 4.69) is 46.5 Å². The monoisotopic (exact) mass is 580 g/mol. The van der Waals surface area contributed by atoms with E-state index in [0.717, 1.165) is 59.8 Å². The van der Waals surface area contributed by atoms with Gasteiger partial charge < -0.3 is 24.1 Å². The zero-order valence-electron chi connectivity index (χ0n) is 25.3. The number of hydrogen-bond donors (Lipinski definition) is 0. The van der Waals surface area contributed by atoms with Gasteiger partial charge in [-0.25, -0.2) is 0 Å². The van der Waals surface area contributed by atoms with Crippen LogP contribution < -0.4 is 14.4 Å². The van der Waals surface area contributed by atoms with E-state index in [1.807, 2.05) is 42.2 Å². The summed E-state index contributed by atoms with van der Waals surface area (Å²) < 4.78 is 11.3. The molecule has 43 heavy (non-hydrogen) atoms. The van der Waals surface area contributed by atoms with Crippen molar-refractivity contribution < 1.29 is 19.1 Å². The van der Waals surface area contributed by atoms with Crippen LogP contribution in [0.1, 0.15) is 60.8 Å². The van der Waals surface area contributed by atoms with Crippen LogP contribution in [0.15, 0.2) is 76.9 Å². The molecule has 2 aliphatic heterocycles. The molecule has 1 aliphatic carbocycles. The molecule has 1 amide bonds. The highest BCUT2D eigenvalue weighted by molar-refractivity contribution is 6.15. The van der Waals surface area contributed by atoms with Gasteiger partial charge in [-0.1, -0.05) is 60.5 Å². The highest BCUT2D eigenvalue weighted by Crippen LogP contribution is 2.44. The Labute approximate surface area is 253 Å². The van der Waals surface area contributed by atoms with Gasteiger partial charge in [0.1, 0.15) is 0 Å². The first-order chi connectivity index (χ1) is 21.1. The lowest BCUT2D eigenvalue weighted by Crippen LogP contribution is -2.49. The number of benzene rings is 3. The minimum absolute atomic E-state index is 0.0401. The van der Waals surface area contributed by atoms with E-state index in [-0.39, 0.29) is 18.6 Å². The molecule has 8 heteroatoms. The lowest BCUT2D eigenvalue weighted by molar-refractivity contribution is -0.136. The highest BCUT2D eigenvalue weighted by atomic mass is 16.6. The van der Waals surface area contributed by atoms with Crippen LogP contribution >= 0.6 is 0 Å². The largest absolute Gasteiger partial charge is 0.493 e. The van der Waals surface area contributed by atoms with Crippen molar-refractivity contribution in [2.45, 2.75) is 44.6 Å². The summed E-state index contributed by atoms with van der Waals surface area (Å²) in [6.45, 7) is 4.80. The molecule has 2 fully saturated rings. The van der Waals surface area contributed by atoms with Gasteiger partial charge in [0.05, 0.1) is 31.7 Å². The molecule has 6 rings (SSSR count). The Morgan fingerprint density at radius 3 is 2.33 bits per heavy atom. The maximum absolute atomic E-state index is 12.7. The first-order valence-corrected chi connectivity index (χ1v) is 15.2. The molecule has 224 valence electrons. The van der Waals surface area contributed by atoms with Crippen LogP contribution in [0, 0.1) is 0 Å². The summed E-state index contributed by atoms with van der Waals surface area (Å²) in [5.74, 6) is 1.85. The van der Waals surface area contributed by atoms with E-state index in [1.165, 1.54) is 24.1 Å². The molecule has 0 unspecified atom stereocenters. The number of fused-ring (bicyclic) bond motifs is 3. The predicted molar refractivity (Wildman–Crippen MR) is 170 cm³/mol. The minimum atomic E-state index is -0.0673. The summed E-state index contributed by atoms with van der Waals surface area (Å²) in [4.78, 5) is 27.7. The molecule has 0 spiro atoms. The summed E-state index contributed by atoms with van der Waals surface area (Å²) in [5, 5.41) is 4.26. The molecule has 1 saturated carbocycles. The van der Waals surface area contributed by atoms with Crippen molar-refractivity contribution in [3.8, 4) is 11.5 Å². The van der Waals surface area contributed by atoms with Crippen LogP contribution in [0.5, 0.6) is 11.5 Å². The molecule has 0 bridgehead atoms. The molecule has 2 atom stereocenters. The summed E-state index contributed by atoms with van der Waals surface area (Å²) in [6, 6.07) is 23.1. The Bertz CT molecular complexity index is 1490. The van der Waals surface area contributed by atoms with Gasteiger partial charge in [-0.05, 0) is 55.2 Å². The van der Waals surface area contributed by atoms with Gasteiger partial charge >= 0.3 is 0 Å². The van der Waals surface area contributed by atoms with Crippen LogP contribution in [-0.4, -0.2) is 75.3 Å². The lowest BCUT2D eigenvalue weighted by atomic mass is 9.75. The van der Waals surface area contributed by atoms with Crippen molar-refractivity contribution in [2.24, 2.45) is 10.1 Å². The zero-order chi connectivity index (χ0) is 29.8. The van der Waals surface area contributed by atoms with Crippen molar-refractivity contribution in [1.29, 1.82) is 0 Å². The van der Waals surface area contributed by atoms with E-state index >= 15 is 0 Å². The number of carbonyl (C=O) groups excluding carboxylic acids is 1. The van der Waals surface area contributed by atoms with Gasteiger partial charge in [0.15, 0.2) is 18.1 Å². The molecule has 3 aromatic rings. The number of aliphatic imine (C=N–C) groups is 1. The zero-order valence-corrected chi connectivity index (χ0v) is 25.3. The fourth-order valence-electron chi connectivity index (χ4n) is 6.55.